The van der Waals surface area contributed by atoms with Gasteiger partial charge in [0.25, 0.3) is 0 Å². The van der Waals surface area contributed by atoms with Gasteiger partial charge in [-0.15, -0.1) is 0 Å². The summed E-state index contributed by atoms with van der Waals surface area (Å²) in [6.07, 6.45) is 7.33. The van der Waals surface area contributed by atoms with E-state index >= 15 is 0 Å². The van der Waals surface area contributed by atoms with Crippen molar-refractivity contribution in [1.82, 2.24) is 9.88 Å². The number of nitrogens with zero attached hydrogens (tertiary/aromatic N) is 1. The smallest absolute Gasteiger partial charge is 0.0673 e. The van der Waals surface area contributed by atoms with Gasteiger partial charge in [-0.05, 0) is 42.7 Å². The van der Waals surface area contributed by atoms with E-state index in [2.05, 4.69) is 40.3 Å². The zero-order valence-electron chi connectivity index (χ0n) is 11.8. The van der Waals surface area contributed by atoms with Crippen molar-refractivity contribution in [1.29, 1.82) is 0 Å². The molecule has 2 aromatic rings. The highest BCUT2D eigenvalue weighted by molar-refractivity contribution is 5.83. The summed E-state index contributed by atoms with van der Waals surface area (Å²) in [6.45, 7) is 2.76. The minimum atomic E-state index is 0.503. The Kier molecular flexibility index (Phi) is 3.25. The summed E-state index contributed by atoms with van der Waals surface area (Å²) in [5, 5.41) is 4.99. The number of rotatable bonds is 4. The van der Waals surface area contributed by atoms with Gasteiger partial charge in [-0.2, -0.15) is 0 Å². The third-order valence-corrected chi connectivity index (χ3v) is 4.51. The zero-order chi connectivity index (χ0) is 13.4. The number of ether oxygens (including phenoxy) is 1. The average molecular weight is 270 g/mol. The second-order valence-corrected chi connectivity index (χ2v) is 6.10. The Labute approximate surface area is 119 Å². The van der Waals surface area contributed by atoms with Crippen molar-refractivity contribution in [3.63, 3.8) is 0 Å². The Morgan fingerprint density at radius 3 is 2.95 bits per heavy atom. The SMILES string of the molecule is c1cc(CNC2CC2)c2c(c1)ccn2C1CCCOC1. The van der Waals surface area contributed by atoms with Crippen LogP contribution in [0, 0.1) is 0 Å². The van der Waals surface area contributed by atoms with Crippen LogP contribution in [0.5, 0.6) is 0 Å². The maximum absolute atomic E-state index is 5.67. The molecule has 0 spiro atoms. The van der Waals surface area contributed by atoms with E-state index in [1.54, 1.807) is 0 Å². The van der Waals surface area contributed by atoms with E-state index in [1.807, 2.05) is 0 Å². The first-order valence-electron chi connectivity index (χ1n) is 7.81. The van der Waals surface area contributed by atoms with E-state index in [1.165, 1.54) is 42.1 Å². The van der Waals surface area contributed by atoms with Gasteiger partial charge in [0.1, 0.15) is 0 Å². The highest BCUT2D eigenvalue weighted by Crippen LogP contribution is 2.29. The van der Waals surface area contributed by atoms with Gasteiger partial charge in [-0.1, -0.05) is 18.2 Å². The number of benzene rings is 1. The molecular weight excluding hydrogens is 248 g/mol. The fourth-order valence-electron chi connectivity index (χ4n) is 3.23. The minimum absolute atomic E-state index is 0.503. The molecule has 4 rings (SSSR count). The largest absolute Gasteiger partial charge is 0.379 e. The van der Waals surface area contributed by atoms with E-state index in [4.69, 9.17) is 4.74 Å². The van der Waals surface area contributed by atoms with Crippen LogP contribution in [0.1, 0.15) is 37.3 Å². The van der Waals surface area contributed by atoms with Crippen molar-refractivity contribution < 1.29 is 4.74 Å². The van der Waals surface area contributed by atoms with Crippen LogP contribution in [0.15, 0.2) is 30.5 Å². The Hall–Kier alpha value is -1.32. The zero-order valence-corrected chi connectivity index (χ0v) is 11.8. The number of hydrogen-bond acceptors (Lipinski definition) is 2. The molecular formula is C17H22N2O. The van der Waals surface area contributed by atoms with E-state index in [9.17, 15) is 0 Å². The molecule has 1 aliphatic heterocycles. The first kappa shape index (κ1) is 12.4. The van der Waals surface area contributed by atoms with Crippen LogP contribution >= 0.6 is 0 Å². The third kappa shape index (κ3) is 2.36. The molecule has 1 aromatic carbocycles. The van der Waals surface area contributed by atoms with Crippen molar-refractivity contribution in [3.8, 4) is 0 Å². The predicted molar refractivity (Wildman–Crippen MR) is 80.9 cm³/mol. The second kappa shape index (κ2) is 5.23. The van der Waals surface area contributed by atoms with E-state index in [0.717, 1.165) is 25.8 Å². The van der Waals surface area contributed by atoms with Crippen LogP contribution in [0.25, 0.3) is 10.9 Å². The molecule has 3 nitrogen and oxygen atoms in total. The van der Waals surface area contributed by atoms with Crippen LogP contribution in [0.4, 0.5) is 0 Å². The number of fused-ring (bicyclic) bond motifs is 1. The van der Waals surface area contributed by atoms with Gasteiger partial charge in [0.2, 0.25) is 0 Å². The van der Waals surface area contributed by atoms with Gasteiger partial charge in [-0.25, -0.2) is 0 Å². The van der Waals surface area contributed by atoms with E-state index in [-0.39, 0.29) is 0 Å². The molecule has 0 bridgehead atoms. The van der Waals surface area contributed by atoms with Crippen molar-refractivity contribution in [2.75, 3.05) is 13.2 Å². The van der Waals surface area contributed by atoms with Crippen LogP contribution in [0.3, 0.4) is 0 Å². The topological polar surface area (TPSA) is 26.2 Å². The van der Waals surface area contributed by atoms with Crippen molar-refractivity contribution >= 4 is 10.9 Å². The molecule has 1 saturated carbocycles. The lowest BCUT2D eigenvalue weighted by Crippen LogP contribution is -2.21. The molecule has 1 aromatic heterocycles. The van der Waals surface area contributed by atoms with Crippen molar-refractivity contribution in [2.24, 2.45) is 0 Å². The van der Waals surface area contributed by atoms with Gasteiger partial charge in [0.15, 0.2) is 0 Å². The molecule has 2 fully saturated rings. The Morgan fingerprint density at radius 1 is 1.20 bits per heavy atom. The van der Waals surface area contributed by atoms with Crippen LogP contribution in [-0.2, 0) is 11.3 Å². The summed E-state index contributed by atoms with van der Waals surface area (Å²) in [5.74, 6) is 0. The maximum atomic E-state index is 5.67. The predicted octanol–water partition coefficient (Wildman–Crippen LogP) is 3.24. The summed E-state index contributed by atoms with van der Waals surface area (Å²) in [4.78, 5) is 0. The Bertz CT molecular complexity index is 594. The van der Waals surface area contributed by atoms with Crippen LogP contribution < -0.4 is 5.32 Å². The molecule has 1 N–H and O–H groups in total. The lowest BCUT2D eigenvalue weighted by atomic mass is 10.1. The molecule has 1 aliphatic carbocycles. The molecule has 2 aliphatic rings. The van der Waals surface area contributed by atoms with Gasteiger partial charge in [0, 0.05) is 25.4 Å². The lowest BCUT2D eigenvalue weighted by molar-refractivity contribution is 0.0606. The molecule has 0 radical (unpaired) electrons. The quantitative estimate of drug-likeness (QED) is 0.923. The third-order valence-electron chi connectivity index (χ3n) is 4.51. The highest BCUT2D eigenvalue weighted by atomic mass is 16.5. The molecule has 106 valence electrons. The molecule has 0 amide bonds. The number of nitrogens with one attached hydrogen (secondary N) is 1. The molecule has 2 heterocycles. The van der Waals surface area contributed by atoms with Gasteiger partial charge >= 0.3 is 0 Å². The number of aromatic nitrogens is 1. The van der Waals surface area contributed by atoms with Crippen molar-refractivity contribution in [3.05, 3.63) is 36.0 Å². The summed E-state index contributed by atoms with van der Waals surface area (Å²) in [6, 6.07) is 10.2. The maximum Gasteiger partial charge on any atom is 0.0673 e. The summed E-state index contributed by atoms with van der Waals surface area (Å²) in [5.41, 5.74) is 2.82. The second-order valence-electron chi connectivity index (χ2n) is 6.10. The van der Waals surface area contributed by atoms with Crippen LogP contribution in [0.2, 0.25) is 0 Å². The van der Waals surface area contributed by atoms with E-state index < -0.39 is 0 Å². The normalized spacial score (nSPS) is 23.3. The van der Waals surface area contributed by atoms with Crippen LogP contribution in [-0.4, -0.2) is 23.8 Å². The van der Waals surface area contributed by atoms with Gasteiger partial charge in [-0.3, -0.25) is 0 Å². The Balaban J connectivity index is 1.68. The molecule has 1 unspecified atom stereocenters. The van der Waals surface area contributed by atoms with Gasteiger partial charge in [0.05, 0.1) is 18.2 Å². The van der Waals surface area contributed by atoms with Gasteiger partial charge < -0.3 is 14.6 Å². The standard InChI is InChI=1S/C17H22N2O/c1-3-13-8-9-19(16-5-2-10-20-12-16)17(13)14(4-1)11-18-15-6-7-15/h1,3-4,8-9,15-16,18H,2,5-7,10-12H2. The number of para-hydroxylation sites is 1. The molecule has 1 saturated heterocycles. The summed E-state index contributed by atoms with van der Waals surface area (Å²) < 4.78 is 8.11. The summed E-state index contributed by atoms with van der Waals surface area (Å²) in [7, 11) is 0. The molecule has 20 heavy (non-hydrogen) atoms. The van der Waals surface area contributed by atoms with E-state index in [0.29, 0.717) is 6.04 Å². The fourth-order valence-corrected chi connectivity index (χ4v) is 3.23. The summed E-state index contributed by atoms with van der Waals surface area (Å²) >= 11 is 0. The lowest BCUT2D eigenvalue weighted by Gasteiger charge is -2.25. The fraction of sp³-hybridized carbons (Fsp3) is 0.529. The Morgan fingerprint density at radius 2 is 2.15 bits per heavy atom. The monoisotopic (exact) mass is 270 g/mol. The first-order valence-corrected chi connectivity index (χ1v) is 7.81. The molecule has 3 heteroatoms. The number of hydrogen-bond donors (Lipinski definition) is 1. The minimum Gasteiger partial charge on any atom is -0.379 e. The van der Waals surface area contributed by atoms with Crippen molar-refractivity contribution in [2.45, 2.75) is 44.3 Å². The highest BCUT2D eigenvalue weighted by Gasteiger charge is 2.22. The average Bonchev–Trinajstić information content (AvgIpc) is 3.23. The first-order chi connectivity index (χ1) is 9.92. The molecule has 1 atom stereocenters.